The van der Waals surface area contributed by atoms with E-state index >= 15 is 0 Å². The third-order valence-electron chi connectivity index (χ3n) is 3.04. The predicted octanol–water partition coefficient (Wildman–Crippen LogP) is 2.95. The Hall–Kier alpha value is -2.21. The Morgan fingerprint density at radius 3 is 3.00 bits per heavy atom. The van der Waals surface area contributed by atoms with Crippen molar-refractivity contribution in [2.45, 2.75) is 23.9 Å². The van der Waals surface area contributed by atoms with Crippen molar-refractivity contribution >= 4 is 28.7 Å². The second-order valence-corrected chi connectivity index (χ2v) is 5.95. The fourth-order valence-corrected chi connectivity index (χ4v) is 2.78. The summed E-state index contributed by atoms with van der Waals surface area (Å²) in [6, 6.07) is 11.4. The summed E-state index contributed by atoms with van der Waals surface area (Å²) in [5.74, 6) is 0.696. The van der Waals surface area contributed by atoms with Gasteiger partial charge < -0.3 is 14.7 Å². The summed E-state index contributed by atoms with van der Waals surface area (Å²) in [6.07, 6.45) is 1.59. The Balaban J connectivity index is 1.59. The quantitative estimate of drug-likeness (QED) is 0.711. The van der Waals surface area contributed by atoms with Crippen molar-refractivity contribution in [1.82, 2.24) is 15.3 Å². The van der Waals surface area contributed by atoms with E-state index < -0.39 is 0 Å². The van der Waals surface area contributed by atoms with Gasteiger partial charge in [0.2, 0.25) is 5.91 Å². The van der Waals surface area contributed by atoms with Gasteiger partial charge in [-0.25, -0.2) is 4.98 Å². The highest BCUT2D eigenvalue weighted by Gasteiger charge is 2.16. The number of thioether (sulfide) groups is 1. The number of carbonyl (C=O) groups is 1. The number of hydrogen-bond acceptors (Lipinski definition) is 4. The van der Waals surface area contributed by atoms with Crippen molar-refractivity contribution in [3.8, 4) is 0 Å². The lowest BCUT2D eigenvalue weighted by molar-refractivity contribution is -0.120. The Bertz CT molecular complexity index is 703. The minimum absolute atomic E-state index is 0.0446. The maximum Gasteiger partial charge on any atom is 0.233 e. The van der Waals surface area contributed by atoms with Gasteiger partial charge in [-0.15, -0.1) is 0 Å². The van der Waals surface area contributed by atoms with Crippen LogP contribution >= 0.6 is 11.8 Å². The molecule has 0 saturated heterocycles. The van der Waals surface area contributed by atoms with Gasteiger partial charge in [-0.2, -0.15) is 0 Å². The minimum Gasteiger partial charge on any atom is -0.467 e. The smallest absolute Gasteiger partial charge is 0.233 e. The summed E-state index contributed by atoms with van der Waals surface area (Å²) < 4.78 is 5.18. The van der Waals surface area contributed by atoms with Gasteiger partial charge in [0, 0.05) is 0 Å². The van der Waals surface area contributed by atoms with E-state index in [0.717, 1.165) is 22.0 Å². The molecule has 1 atom stereocenters. The van der Waals surface area contributed by atoms with Crippen molar-refractivity contribution in [3.05, 3.63) is 48.4 Å². The van der Waals surface area contributed by atoms with Crippen molar-refractivity contribution in [2.24, 2.45) is 0 Å². The van der Waals surface area contributed by atoms with E-state index in [1.165, 1.54) is 11.8 Å². The summed E-state index contributed by atoms with van der Waals surface area (Å²) >= 11 is 1.41. The molecule has 0 aliphatic heterocycles. The molecule has 0 fully saturated rings. The lowest BCUT2D eigenvalue weighted by Crippen LogP contribution is -2.30. The van der Waals surface area contributed by atoms with Gasteiger partial charge in [0.25, 0.3) is 0 Å². The highest BCUT2D eigenvalue weighted by molar-refractivity contribution is 8.00. The van der Waals surface area contributed by atoms with E-state index in [9.17, 15) is 4.79 Å². The van der Waals surface area contributed by atoms with Gasteiger partial charge in [-0.3, -0.25) is 4.79 Å². The minimum atomic E-state index is -0.236. The molecule has 2 heterocycles. The number of amides is 1. The van der Waals surface area contributed by atoms with Crippen LogP contribution < -0.4 is 5.32 Å². The Kier molecular flexibility index (Phi) is 3.96. The SMILES string of the molecule is CC(Sc1nc2ccccc2[nH]1)C(=O)NCc1ccco1. The largest absolute Gasteiger partial charge is 0.467 e. The maximum absolute atomic E-state index is 12.0. The van der Waals surface area contributed by atoms with Crippen LogP contribution in [0, 0.1) is 0 Å². The molecule has 1 amide bonds. The van der Waals surface area contributed by atoms with Gasteiger partial charge >= 0.3 is 0 Å². The Morgan fingerprint density at radius 1 is 1.38 bits per heavy atom. The number of aromatic nitrogens is 2. The second kappa shape index (κ2) is 6.05. The number of fused-ring (bicyclic) bond motifs is 1. The summed E-state index contributed by atoms with van der Waals surface area (Å²) in [5.41, 5.74) is 1.88. The molecule has 1 aromatic carbocycles. The average molecular weight is 301 g/mol. The van der Waals surface area contributed by atoms with Crippen molar-refractivity contribution < 1.29 is 9.21 Å². The van der Waals surface area contributed by atoms with Crippen LogP contribution in [0.1, 0.15) is 12.7 Å². The van der Waals surface area contributed by atoms with Gasteiger partial charge in [-0.1, -0.05) is 23.9 Å². The van der Waals surface area contributed by atoms with E-state index in [-0.39, 0.29) is 11.2 Å². The molecule has 2 aromatic heterocycles. The van der Waals surface area contributed by atoms with Crippen LogP contribution in [0.25, 0.3) is 11.0 Å². The number of para-hydroxylation sites is 2. The molecule has 108 valence electrons. The average Bonchev–Trinajstić information content (AvgIpc) is 3.13. The number of benzene rings is 1. The molecule has 0 aliphatic rings. The molecule has 0 bridgehead atoms. The molecule has 1 unspecified atom stereocenters. The number of rotatable bonds is 5. The number of furan rings is 1. The van der Waals surface area contributed by atoms with Crippen LogP contribution in [0.5, 0.6) is 0 Å². The first-order valence-corrected chi connectivity index (χ1v) is 7.52. The lowest BCUT2D eigenvalue weighted by atomic mass is 10.3. The van der Waals surface area contributed by atoms with Crippen LogP contribution in [0.2, 0.25) is 0 Å². The zero-order chi connectivity index (χ0) is 14.7. The number of nitrogens with one attached hydrogen (secondary N) is 2. The third kappa shape index (κ3) is 3.28. The summed E-state index contributed by atoms with van der Waals surface area (Å²) in [4.78, 5) is 19.7. The molecule has 0 saturated carbocycles. The number of hydrogen-bond donors (Lipinski definition) is 2. The zero-order valence-electron chi connectivity index (χ0n) is 11.5. The molecule has 2 N–H and O–H groups in total. The van der Waals surface area contributed by atoms with E-state index in [2.05, 4.69) is 15.3 Å². The first kappa shape index (κ1) is 13.8. The van der Waals surface area contributed by atoms with Crippen molar-refractivity contribution in [2.75, 3.05) is 0 Å². The Morgan fingerprint density at radius 2 is 2.24 bits per heavy atom. The van der Waals surface area contributed by atoms with Crippen molar-refractivity contribution in [1.29, 1.82) is 0 Å². The van der Waals surface area contributed by atoms with E-state index in [1.54, 1.807) is 12.3 Å². The number of H-pyrrole nitrogens is 1. The molecule has 3 aromatic rings. The highest BCUT2D eigenvalue weighted by Crippen LogP contribution is 2.23. The standard InChI is InChI=1S/C15H15N3O2S/c1-10(14(19)16-9-11-5-4-8-20-11)21-15-17-12-6-2-3-7-13(12)18-15/h2-8,10H,9H2,1H3,(H,16,19)(H,17,18). The molecular weight excluding hydrogens is 286 g/mol. The normalized spacial score (nSPS) is 12.4. The predicted molar refractivity (Wildman–Crippen MR) is 82.0 cm³/mol. The summed E-state index contributed by atoms with van der Waals surface area (Å²) in [5, 5.41) is 3.36. The number of aromatic amines is 1. The zero-order valence-corrected chi connectivity index (χ0v) is 12.3. The fraction of sp³-hybridized carbons (Fsp3) is 0.200. The highest BCUT2D eigenvalue weighted by atomic mass is 32.2. The second-order valence-electron chi connectivity index (χ2n) is 4.62. The third-order valence-corrected chi connectivity index (χ3v) is 4.03. The number of imidazole rings is 1. The number of carbonyl (C=O) groups excluding carboxylic acids is 1. The molecule has 5 nitrogen and oxygen atoms in total. The fourth-order valence-electron chi connectivity index (χ4n) is 1.94. The van der Waals surface area contributed by atoms with Crippen LogP contribution in [0.3, 0.4) is 0 Å². The topological polar surface area (TPSA) is 70.9 Å². The van der Waals surface area contributed by atoms with Crippen LogP contribution in [0.4, 0.5) is 0 Å². The molecule has 6 heteroatoms. The van der Waals surface area contributed by atoms with E-state index in [0.29, 0.717) is 6.54 Å². The molecule has 0 radical (unpaired) electrons. The lowest BCUT2D eigenvalue weighted by Gasteiger charge is -2.09. The monoisotopic (exact) mass is 301 g/mol. The van der Waals surface area contributed by atoms with E-state index in [1.807, 2.05) is 37.3 Å². The van der Waals surface area contributed by atoms with Crippen LogP contribution in [0.15, 0.2) is 52.2 Å². The first-order chi connectivity index (χ1) is 10.2. The molecule has 0 aliphatic carbocycles. The first-order valence-electron chi connectivity index (χ1n) is 6.64. The molecule has 3 rings (SSSR count). The molecule has 21 heavy (non-hydrogen) atoms. The van der Waals surface area contributed by atoms with Crippen LogP contribution in [-0.4, -0.2) is 21.1 Å². The molecule has 0 spiro atoms. The van der Waals surface area contributed by atoms with E-state index in [4.69, 9.17) is 4.42 Å². The van der Waals surface area contributed by atoms with Crippen LogP contribution in [-0.2, 0) is 11.3 Å². The maximum atomic E-state index is 12.0. The Labute approximate surface area is 126 Å². The van der Waals surface area contributed by atoms with Gasteiger partial charge in [0.1, 0.15) is 5.76 Å². The summed E-state index contributed by atoms with van der Waals surface area (Å²) in [6.45, 7) is 2.26. The van der Waals surface area contributed by atoms with Gasteiger partial charge in [-0.05, 0) is 31.2 Å². The van der Waals surface area contributed by atoms with Gasteiger partial charge in [0.05, 0.1) is 29.1 Å². The summed E-state index contributed by atoms with van der Waals surface area (Å²) in [7, 11) is 0. The van der Waals surface area contributed by atoms with Crippen molar-refractivity contribution in [3.63, 3.8) is 0 Å². The van der Waals surface area contributed by atoms with Gasteiger partial charge in [0.15, 0.2) is 5.16 Å². The molecular formula is C15H15N3O2S. The number of nitrogens with zero attached hydrogens (tertiary/aromatic N) is 1.